The molecule has 0 spiro atoms. The lowest BCUT2D eigenvalue weighted by Crippen LogP contribution is -2.13. The van der Waals surface area contributed by atoms with E-state index < -0.39 is 0 Å². The van der Waals surface area contributed by atoms with Gasteiger partial charge in [-0.2, -0.15) is 0 Å². The largest absolute Gasteiger partial charge is 0.115 e. The highest BCUT2D eigenvalue weighted by atomic mass is 14.3. The number of aryl methyl sites for hydroxylation is 1. The molecule has 0 amide bonds. The van der Waals surface area contributed by atoms with Crippen molar-refractivity contribution in [3.05, 3.63) is 99.7 Å². The molecule has 0 aliphatic heterocycles. The van der Waals surface area contributed by atoms with E-state index >= 15 is 0 Å². The minimum atomic E-state index is 0.490. The second kappa shape index (κ2) is 12.6. The van der Waals surface area contributed by atoms with Crippen LogP contribution in [0.1, 0.15) is 90.3 Å². The molecule has 0 heteroatoms. The summed E-state index contributed by atoms with van der Waals surface area (Å²) in [6.45, 7) is 13.9. The van der Waals surface area contributed by atoms with Crippen molar-refractivity contribution in [1.29, 1.82) is 0 Å². The lowest BCUT2D eigenvalue weighted by atomic mass is 9.76. The summed E-state index contributed by atoms with van der Waals surface area (Å²) in [6, 6.07) is 15.3. The van der Waals surface area contributed by atoms with Crippen molar-refractivity contribution in [2.75, 3.05) is 0 Å². The maximum Gasteiger partial charge on any atom is 0.0243 e. The third kappa shape index (κ3) is 6.15. The van der Waals surface area contributed by atoms with Gasteiger partial charge in [-0.25, -0.2) is 0 Å². The van der Waals surface area contributed by atoms with Crippen LogP contribution in [0.5, 0.6) is 0 Å². The summed E-state index contributed by atoms with van der Waals surface area (Å²) in [4.78, 5) is 0. The Hall–Kier alpha value is -3.04. The smallest absolute Gasteiger partial charge is 0.0243 e. The molecule has 0 heterocycles. The highest BCUT2D eigenvalue weighted by Crippen LogP contribution is 2.40. The van der Waals surface area contributed by atoms with Gasteiger partial charge in [0.1, 0.15) is 0 Å². The fourth-order valence-electron chi connectivity index (χ4n) is 5.30. The van der Waals surface area contributed by atoms with Crippen LogP contribution in [-0.4, -0.2) is 0 Å². The van der Waals surface area contributed by atoms with Crippen molar-refractivity contribution < 1.29 is 0 Å². The van der Waals surface area contributed by atoms with E-state index in [4.69, 9.17) is 6.42 Å². The van der Waals surface area contributed by atoms with E-state index in [0.717, 1.165) is 31.2 Å². The Labute approximate surface area is 214 Å². The summed E-state index contributed by atoms with van der Waals surface area (Å²) < 4.78 is 0. The lowest BCUT2D eigenvalue weighted by Gasteiger charge is -2.28. The summed E-state index contributed by atoms with van der Waals surface area (Å²) in [5.41, 5.74) is 13.7. The Bertz CT molecular complexity index is 1190. The molecule has 1 atom stereocenters. The molecule has 0 saturated heterocycles. The number of rotatable bonds is 9. The van der Waals surface area contributed by atoms with Gasteiger partial charge in [0.05, 0.1) is 0 Å². The molecule has 2 aromatic rings. The fraction of sp³-hybridized carbons (Fsp3) is 0.371. The van der Waals surface area contributed by atoms with Gasteiger partial charge in [-0.3, -0.25) is 0 Å². The summed E-state index contributed by atoms with van der Waals surface area (Å²) in [6.07, 6.45) is 19.4. The Morgan fingerprint density at radius 1 is 0.914 bits per heavy atom. The zero-order chi connectivity index (χ0) is 25.4. The highest BCUT2D eigenvalue weighted by molar-refractivity contribution is 5.78. The molecule has 0 N–H and O–H groups in total. The Kier molecular flexibility index (Phi) is 9.56. The first kappa shape index (κ1) is 26.6. The molecule has 0 aromatic heterocycles. The van der Waals surface area contributed by atoms with Crippen molar-refractivity contribution >= 4 is 5.57 Å². The molecule has 1 aliphatic rings. The average Bonchev–Trinajstić information content (AvgIpc) is 2.91. The normalized spacial score (nSPS) is 16.8. The van der Waals surface area contributed by atoms with Crippen molar-refractivity contribution in [1.82, 2.24) is 0 Å². The average molecular weight is 463 g/mol. The molecule has 1 unspecified atom stereocenters. The second-order valence-corrected chi connectivity index (χ2v) is 9.84. The first-order valence-electron chi connectivity index (χ1n) is 13.4. The standard InChI is InChI=1S/C35H42/c1-8-14-30-22-23-31(29-20-18-28(11-4)19-21-29)24-35(30)27(7)26(6)33-16-12-13-17-34(33)32(15-9-2)25(5)10-3/h4,12-13,16,18-24,34H,8-10,14-15,17H2,1-3,5-7H3/b27-26+,32-25?. The van der Waals surface area contributed by atoms with Gasteiger partial charge in [0.15, 0.2) is 0 Å². The summed E-state index contributed by atoms with van der Waals surface area (Å²) in [5, 5.41) is 0. The van der Waals surface area contributed by atoms with Crippen molar-refractivity contribution in [3.8, 4) is 23.5 Å². The molecule has 182 valence electrons. The first-order valence-corrected chi connectivity index (χ1v) is 13.4. The predicted octanol–water partition coefficient (Wildman–Crippen LogP) is 10.1. The third-order valence-corrected chi connectivity index (χ3v) is 7.59. The van der Waals surface area contributed by atoms with Crippen LogP contribution >= 0.6 is 0 Å². The van der Waals surface area contributed by atoms with Crippen molar-refractivity contribution in [2.24, 2.45) is 5.92 Å². The second-order valence-electron chi connectivity index (χ2n) is 9.84. The van der Waals surface area contributed by atoms with Gasteiger partial charge in [-0.1, -0.05) is 93.2 Å². The summed E-state index contributed by atoms with van der Waals surface area (Å²) in [5.74, 6) is 3.21. The third-order valence-electron chi connectivity index (χ3n) is 7.59. The van der Waals surface area contributed by atoms with E-state index in [1.807, 2.05) is 12.1 Å². The Morgan fingerprint density at radius 2 is 1.63 bits per heavy atom. The maximum atomic E-state index is 5.57. The quantitative estimate of drug-likeness (QED) is 0.257. The van der Waals surface area contributed by atoms with Gasteiger partial charge >= 0.3 is 0 Å². The number of allylic oxidation sites excluding steroid dienone is 8. The van der Waals surface area contributed by atoms with Crippen LogP contribution in [0.4, 0.5) is 0 Å². The fourth-order valence-corrected chi connectivity index (χ4v) is 5.30. The Balaban J connectivity index is 2.11. The zero-order valence-electron chi connectivity index (χ0n) is 22.7. The van der Waals surface area contributed by atoms with Crippen LogP contribution in [0, 0.1) is 18.3 Å². The molecular formula is C35H42. The van der Waals surface area contributed by atoms with Gasteiger partial charge in [-0.15, -0.1) is 6.42 Å². The minimum absolute atomic E-state index is 0.490. The molecule has 0 fully saturated rings. The Morgan fingerprint density at radius 3 is 2.26 bits per heavy atom. The van der Waals surface area contributed by atoms with Gasteiger partial charge < -0.3 is 0 Å². The molecule has 3 rings (SSSR count). The molecular weight excluding hydrogens is 420 g/mol. The molecule has 1 aliphatic carbocycles. The van der Waals surface area contributed by atoms with E-state index in [1.165, 1.54) is 51.8 Å². The van der Waals surface area contributed by atoms with Gasteiger partial charge in [0, 0.05) is 11.5 Å². The number of hydrogen-bond acceptors (Lipinski definition) is 0. The van der Waals surface area contributed by atoms with Crippen LogP contribution in [0.3, 0.4) is 0 Å². The molecule has 35 heavy (non-hydrogen) atoms. The van der Waals surface area contributed by atoms with E-state index in [1.54, 1.807) is 11.1 Å². The summed E-state index contributed by atoms with van der Waals surface area (Å²) >= 11 is 0. The predicted molar refractivity (Wildman–Crippen MR) is 155 cm³/mol. The zero-order valence-corrected chi connectivity index (χ0v) is 22.7. The van der Waals surface area contributed by atoms with Gasteiger partial charge in [0.25, 0.3) is 0 Å². The molecule has 0 radical (unpaired) electrons. The van der Waals surface area contributed by atoms with Crippen LogP contribution in [0.15, 0.2) is 83.0 Å². The van der Waals surface area contributed by atoms with Crippen LogP contribution in [-0.2, 0) is 6.42 Å². The van der Waals surface area contributed by atoms with E-state index in [9.17, 15) is 0 Å². The number of terminal acetylenes is 1. The van der Waals surface area contributed by atoms with Crippen LogP contribution in [0.2, 0.25) is 0 Å². The topological polar surface area (TPSA) is 0 Å². The summed E-state index contributed by atoms with van der Waals surface area (Å²) in [7, 11) is 0. The van der Waals surface area contributed by atoms with Crippen LogP contribution < -0.4 is 0 Å². The van der Waals surface area contributed by atoms with E-state index in [-0.39, 0.29) is 0 Å². The van der Waals surface area contributed by atoms with Crippen LogP contribution in [0.25, 0.3) is 16.7 Å². The lowest BCUT2D eigenvalue weighted by molar-refractivity contribution is 0.658. The van der Waals surface area contributed by atoms with Crippen molar-refractivity contribution in [2.45, 2.75) is 80.1 Å². The van der Waals surface area contributed by atoms with Gasteiger partial charge in [-0.05, 0) is 104 Å². The maximum absolute atomic E-state index is 5.57. The first-order chi connectivity index (χ1) is 16.9. The molecule has 2 aromatic carbocycles. The number of hydrogen-bond donors (Lipinski definition) is 0. The number of benzene rings is 2. The van der Waals surface area contributed by atoms with Gasteiger partial charge in [0.2, 0.25) is 0 Å². The molecule has 0 bridgehead atoms. The monoisotopic (exact) mass is 462 g/mol. The minimum Gasteiger partial charge on any atom is -0.115 e. The van der Waals surface area contributed by atoms with Crippen molar-refractivity contribution in [3.63, 3.8) is 0 Å². The van der Waals surface area contributed by atoms with E-state index in [0.29, 0.717) is 5.92 Å². The molecule has 0 nitrogen and oxygen atoms in total. The SMILES string of the molecule is C#Cc1ccc(-c2ccc(CCC)c(/C(C)=C(\C)C3=CC=CCC3C(CCC)=C(C)CC)c2)cc1. The highest BCUT2D eigenvalue weighted by Gasteiger charge is 2.23. The molecule has 0 saturated carbocycles. The van der Waals surface area contributed by atoms with E-state index in [2.05, 4.69) is 96.0 Å².